The summed E-state index contributed by atoms with van der Waals surface area (Å²) in [7, 11) is 1.72. The first-order valence-electron chi connectivity index (χ1n) is 11.0. The number of hydrogen-bond donors (Lipinski definition) is 2. The summed E-state index contributed by atoms with van der Waals surface area (Å²) in [6.07, 6.45) is 0. The highest BCUT2D eigenvalue weighted by molar-refractivity contribution is 7.99. The molecule has 0 radical (unpaired) electrons. The zero-order valence-corrected chi connectivity index (χ0v) is 20.1. The van der Waals surface area contributed by atoms with Gasteiger partial charge < -0.3 is 15.2 Å². The molecule has 0 aliphatic heterocycles. The molecule has 1 heterocycles. The molecule has 9 heteroatoms. The summed E-state index contributed by atoms with van der Waals surface area (Å²) in [5.74, 6) is -0.566. The maximum absolute atomic E-state index is 14.1. The molecule has 1 atom stereocenters. The van der Waals surface area contributed by atoms with Crippen molar-refractivity contribution in [3.63, 3.8) is 0 Å². The molecule has 7 nitrogen and oxygen atoms in total. The molecule has 178 valence electrons. The predicted molar refractivity (Wildman–Crippen MR) is 135 cm³/mol. The molecule has 0 saturated heterocycles. The number of anilines is 1. The van der Waals surface area contributed by atoms with E-state index in [9.17, 15) is 14.0 Å². The van der Waals surface area contributed by atoms with E-state index >= 15 is 0 Å². The van der Waals surface area contributed by atoms with Gasteiger partial charge in [-0.25, -0.2) is 4.39 Å². The van der Waals surface area contributed by atoms with Crippen molar-refractivity contribution in [1.29, 1.82) is 0 Å². The summed E-state index contributed by atoms with van der Waals surface area (Å²) in [4.78, 5) is 25.6. The molecule has 2 amide bonds. The summed E-state index contributed by atoms with van der Waals surface area (Å²) in [5.41, 5.74) is 2.11. The molecule has 0 aliphatic carbocycles. The van der Waals surface area contributed by atoms with Crippen LogP contribution in [0.3, 0.4) is 0 Å². The normalized spacial score (nSPS) is 11.6. The van der Waals surface area contributed by atoms with Crippen molar-refractivity contribution in [2.24, 2.45) is 7.05 Å². The van der Waals surface area contributed by atoms with Crippen LogP contribution >= 0.6 is 11.8 Å². The second-order valence-corrected chi connectivity index (χ2v) is 8.78. The van der Waals surface area contributed by atoms with Gasteiger partial charge in [0.15, 0.2) is 11.0 Å². The molecule has 0 saturated carbocycles. The van der Waals surface area contributed by atoms with E-state index in [0.29, 0.717) is 27.8 Å². The minimum atomic E-state index is -0.395. The van der Waals surface area contributed by atoms with E-state index in [-0.39, 0.29) is 23.6 Å². The Morgan fingerprint density at radius 1 is 0.971 bits per heavy atom. The number of carbonyl (C=O) groups excluding carboxylic acids is 2. The third-order valence-corrected chi connectivity index (χ3v) is 6.40. The van der Waals surface area contributed by atoms with Crippen molar-refractivity contribution >= 4 is 29.3 Å². The average molecular weight is 490 g/mol. The van der Waals surface area contributed by atoms with Crippen LogP contribution in [0.4, 0.5) is 10.1 Å². The summed E-state index contributed by atoms with van der Waals surface area (Å²) in [6.45, 7) is 1.90. The van der Waals surface area contributed by atoms with E-state index < -0.39 is 5.82 Å². The predicted octanol–water partition coefficient (Wildman–Crippen LogP) is 4.84. The minimum absolute atomic E-state index is 0.0413. The maximum atomic E-state index is 14.1. The number of benzene rings is 3. The first-order valence-corrected chi connectivity index (χ1v) is 11.9. The highest BCUT2D eigenvalue weighted by atomic mass is 32.2. The van der Waals surface area contributed by atoms with Gasteiger partial charge in [-0.05, 0) is 36.8 Å². The number of thioether (sulfide) groups is 1. The monoisotopic (exact) mass is 489 g/mol. The van der Waals surface area contributed by atoms with Crippen molar-refractivity contribution in [2.45, 2.75) is 18.1 Å². The smallest absolute Gasteiger partial charge is 0.253 e. The lowest BCUT2D eigenvalue weighted by Gasteiger charge is -2.16. The topological polar surface area (TPSA) is 88.9 Å². The van der Waals surface area contributed by atoms with Gasteiger partial charge >= 0.3 is 0 Å². The molecule has 0 fully saturated rings. The minimum Gasteiger partial charge on any atom is -0.345 e. The molecule has 0 bridgehead atoms. The molecule has 4 aromatic rings. The number of amides is 2. The van der Waals surface area contributed by atoms with E-state index in [1.165, 1.54) is 17.8 Å². The molecule has 2 N–H and O–H groups in total. The zero-order chi connectivity index (χ0) is 24.8. The number of para-hydroxylation sites is 1. The molecule has 35 heavy (non-hydrogen) atoms. The van der Waals surface area contributed by atoms with Crippen LogP contribution in [0.2, 0.25) is 0 Å². The fourth-order valence-corrected chi connectivity index (χ4v) is 4.23. The van der Waals surface area contributed by atoms with Crippen molar-refractivity contribution in [3.8, 4) is 11.4 Å². The lowest BCUT2D eigenvalue weighted by molar-refractivity contribution is -0.113. The van der Waals surface area contributed by atoms with Crippen molar-refractivity contribution in [1.82, 2.24) is 20.1 Å². The molecule has 0 unspecified atom stereocenters. The number of carbonyl (C=O) groups is 2. The Bertz CT molecular complexity index is 1340. The number of nitrogens with one attached hydrogen (secondary N) is 2. The quantitative estimate of drug-likeness (QED) is 0.346. The fourth-order valence-electron chi connectivity index (χ4n) is 3.52. The number of halogens is 1. The van der Waals surface area contributed by atoms with Crippen molar-refractivity contribution in [3.05, 3.63) is 95.8 Å². The Kier molecular flexibility index (Phi) is 7.57. The van der Waals surface area contributed by atoms with E-state index in [1.54, 1.807) is 54.1 Å². The van der Waals surface area contributed by atoms with E-state index in [1.807, 2.05) is 37.3 Å². The van der Waals surface area contributed by atoms with Gasteiger partial charge in [0.25, 0.3) is 5.91 Å². The van der Waals surface area contributed by atoms with Gasteiger partial charge in [-0.1, -0.05) is 66.4 Å². The molecular weight excluding hydrogens is 465 g/mol. The van der Waals surface area contributed by atoms with Gasteiger partial charge in [0, 0.05) is 7.05 Å². The summed E-state index contributed by atoms with van der Waals surface area (Å²) >= 11 is 1.17. The van der Waals surface area contributed by atoms with Crippen LogP contribution in [-0.4, -0.2) is 32.3 Å². The van der Waals surface area contributed by atoms with Crippen LogP contribution in [0, 0.1) is 5.82 Å². The number of aromatic nitrogens is 3. The van der Waals surface area contributed by atoms with E-state index in [2.05, 4.69) is 20.8 Å². The SMILES string of the molecule is C[C@@H](NC(=O)c1ccccc1NC(=O)CSc1nnc(-c2ccccc2F)n1C)c1ccccc1. The summed E-state index contributed by atoms with van der Waals surface area (Å²) < 4.78 is 15.8. The second-order valence-electron chi connectivity index (χ2n) is 7.83. The maximum Gasteiger partial charge on any atom is 0.253 e. The van der Waals surface area contributed by atoms with Crippen molar-refractivity contribution < 1.29 is 14.0 Å². The molecular formula is C26H24FN5O2S. The van der Waals surface area contributed by atoms with Gasteiger partial charge in [-0.15, -0.1) is 10.2 Å². The molecule has 1 aromatic heterocycles. The molecule has 3 aromatic carbocycles. The van der Waals surface area contributed by atoms with Gasteiger partial charge in [-0.3, -0.25) is 9.59 Å². The standard InChI is InChI=1S/C26H24FN5O2S/c1-17(18-10-4-3-5-11-18)28-25(34)20-13-7-9-15-22(20)29-23(33)16-35-26-31-30-24(32(26)2)19-12-6-8-14-21(19)27/h3-15,17H,16H2,1-2H3,(H,28,34)(H,29,33)/t17-/m1/s1. The third-order valence-electron chi connectivity index (χ3n) is 5.37. The molecule has 0 aliphatic rings. The van der Waals surface area contributed by atoms with Crippen LogP contribution in [0.25, 0.3) is 11.4 Å². The summed E-state index contributed by atoms with van der Waals surface area (Å²) in [5, 5.41) is 14.4. The first-order chi connectivity index (χ1) is 16.9. The van der Waals surface area contributed by atoms with Gasteiger partial charge in [0.2, 0.25) is 5.91 Å². The zero-order valence-electron chi connectivity index (χ0n) is 19.2. The van der Waals surface area contributed by atoms with E-state index in [0.717, 1.165) is 5.56 Å². The van der Waals surface area contributed by atoms with Crippen LogP contribution in [0.5, 0.6) is 0 Å². The van der Waals surface area contributed by atoms with Gasteiger partial charge in [0.1, 0.15) is 5.82 Å². The lowest BCUT2D eigenvalue weighted by atomic mass is 10.1. The van der Waals surface area contributed by atoms with Crippen LogP contribution in [-0.2, 0) is 11.8 Å². The van der Waals surface area contributed by atoms with Gasteiger partial charge in [0.05, 0.1) is 28.6 Å². The average Bonchev–Trinajstić information content (AvgIpc) is 3.23. The number of hydrogen-bond acceptors (Lipinski definition) is 5. The summed E-state index contributed by atoms with van der Waals surface area (Å²) in [6, 6.07) is 22.6. The Morgan fingerprint density at radius 3 is 2.43 bits per heavy atom. The number of nitrogens with zero attached hydrogens (tertiary/aromatic N) is 3. The largest absolute Gasteiger partial charge is 0.345 e. The first kappa shape index (κ1) is 24.2. The van der Waals surface area contributed by atoms with Gasteiger partial charge in [-0.2, -0.15) is 0 Å². The Balaban J connectivity index is 1.40. The van der Waals surface area contributed by atoms with Crippen molar-refractivity contribution in [2.75, 3.05) is 11.1 Å². The van der Waals surface area contributed by atoms with Crippen LogP contribution in [0.1, 0.15) is 28.9 Å². The number of rotatable bonds is 8. The third kappa shape index (κ3) is 5.75. The molecule has 4 rings (SSSR count). The Labute approximate surface area is 206 Å². The Hall–Kier alpha value is -3.98. The highest BCUT2D eigenvalue weighted by Crippen LogP contribution is 2.25. The lowest BCUT2D eigenvalue weighted by Crippen LogP contribution is -2.28. The fraction of sp³-hybridized carbons (Fsp3) is 0.154. The van der Waals surface area contributed by atoms with Crippen LogP contribution in [0.15, 0.2) is 84.0 Å². The van der Waals surface area contributed by atoms with E-state index in [4.69, 9.17) is 0 Å². The highest BCUT2D eigenvalue weighted by Gasteiger charge is 2.18. The molecule has 0 spiro atoms. The Morgan fingerprint density at radius 2 is 1.66 bits per heavy atom. The second kappa shape index (κ2) is 11.0. The van der Waals surface area contributed by atoms with Crippen LogP contribution < -0.4 is 10.6 Å².